The third-order valence-electron chi connectivity index (χ3n) is 3.85. The van der Waals surface area contributed by atoms with Crippen LogP contribution in [-0.2, 0) is 0 Å². The highest BCUT2D eigenvalue weighted by atomic mass is 15.2. The number of anilines is 1. The Labute approximate surface area is 127 Å². The van der Waals surface area contributed by atoms with Crippen molar-refractivity contribution in [3.05, 3.63) is 49.1 Å². The van der Waals surface area contributed by atoms with E-state index in [1.807, 2.05) is 12.3 Å². The minimum atomic E-state index is 0.192. The summed E-state index contributed by atoms with van der Waals surface area (Å²) in [5.74, 6) is 1.67. The van der Waals surface area contributed by atoms with Crippen molar-refractivity contribution < 1.29 is 0 Å². The number of H-pyrrole nitrogens is 1. The molecule has 0 bridgehead atoms. The van der Waals surface area contributed by atoms with Crippen LogP contribution in [0.1, 0.15) is 24.6 Å². The maximum atomic E-state index is 4.73. The Hall–Kier alpha value is -2.83. The van der Waals surface area contributed by atoms with Gasteiger partial charge >= 0.3 is 0 Å². The van der Waals surface area contributed by atoms with Gasteiger partial charge in [-0.2, -0.15) is 0 Å². The standard InChI is InChI=1S/C15H15N7/c1-2-13(22(7-1)14-3-4-16-10-20-14)11-8-17-9-12(21-11)15-18-5-6-19-15/h3-6,8-10,13H,1-2,7H2,(H,18,19)/t13-/m0/s1. The van der Waals surface area contributed by atoms with E-state index < -0.39 is 0 Å². The van der Waals surface area contributed by atoms with Gasteiger partial charge in [0, 0.05) is 25.1 Å². The summed E-state index contributed by atoms with van der Waals surface area (Å²) in [5, 5.41) is 0. The molecule has 0 spiro atoms. The van der Waals surface area contributed by atoms with Crippen LogP contribution in [0, 0.1) is 0 Å². The summed E-state index contributed by atoms with van der Waals surface area (Å²) in [5.41, 5.74) is 1.71. The SMILES string of the molecule is c1cc(N2CCC[C@H]2c2cncc(-c3ncc[nH]3)n2)ncn1. The lowest BCUT2D eigenvalue weighted by molar-refractivity contribution is 0.683. The summed E-state index contributed by atoms with van der Waals surface area (Å²) in [4.78, 5) is 27.0. The predicted molar refractivity (Wildman–Crippen MR) is 81.0 cm³/mol. The monoisotopic (exact) mass is 293 g/mol. The van der Waals surface area contributed by atoms with Gasteiger partial charge in [-0.25, -0.2) is 19.9 Å². The second-order valence-electron chi connectivity index (χ2n) is 5.19. The smallest absolute Gasteiger partial charge is 0.157 e. The van der Waals surface area contributed by atoms with Crippen molar-refractivity contribution in [2.45, 2.75) is 18.9 Å². The molecule has 0 amide bonds. The summed E-state index contributed by atoms with van der Waals surface area (Å²) in [6.07, 6.45) is 12.6. The number of hydrogen-bond acceptors (Lipinski definition) is 6. The lowest BCUT2D eigenvalue weighted by Crippen LogP contribution is -2.24. The maximum absolute atomic E-state index is 4.73. The van der Waals surface area contributed by atoms with Gasteiger partial charge in [0.15, 0.2) is 5.82 Å². The lowest BCUT2D eigenvalue weighted by atomic mass is 10.1. The van der Waals surface area contributed by atoms with Crippen LogP contribution in [0.4, 0.5) is 5.82 Å². The molecule has 0 saturated carbocycles. The van der Waals surface area contributed by atoms with Gasteiger partial charge < -0.3 is 9.88 Å². The molecule has 4 rings (SSSR count). The molecule has 1 saturated heterocycles. The molecular formula is C15H15N7. The topological polar surface area (TPSA) is 83.5 Å². The van der Waals surface area contributed by atoms with Crippen molar-refractivity contribution in [2.75, 3.05) is 11.4 Å². The molecule has 1 atom stereocenters. The number of nitrogens with zero attached hydrogens (tertiary/aromatic N) is 6. The molecule has 1 aliphatic heterocycles. The van der Waals surface area contributed by atoms with E-state index in [1.54, 1.807) is 31.1 Å². The highest BCUT2D eigenvalue weighted by molar-refractivity contribution is 5.48. The molecule has 3 aromatic heterocycles. The van der Waals surface area contributed by atoms with E-state index in [1.165, 1.54) is 0 Å². The fourth-order valence-electron chi connectivity index (χ4n) is 2.86. The van der Waals surface area contributed by atoms with Gasteiger partial charge in [-0.3, -0.25) is 4.98 Å². The zero-order valence-corrected chi connectivity index (χ0v) is 11.9. The van der Waals surface area contributed by atoms with Crippen LogP contribution in [0.15, 0.2) is 43.4 Å². The first-order valence-electron chi connectivity index (χ1n) is 7.26. The average molecular weight is 293 g/mol. The highest BCUT2D eigenvalue weighted by Gasteiger charge is 2.28. The first-order valence-corrected chi connectivity index (χ1v) is 7.26. The van der Waals surface area contributed by atoms with Crippen LogP contribution in [0.2, 0.25) is 0 Å². The van der Waals surface area contributed by atoms with Gasteiger partial charge in [0.2, 0.25) is 0 Å². The van der Waals surface area contributed by atoms with Crippen LogP contribution in [0.25, 0.3) is 11.5 Å². The molecule has 1 N–H and O–H groups in total. The molecule has 0 aromatic carbocycles. The van der Waals surface area contributed by atoms with E-state index in [9.17, 15) is 0 Å². The molecule has 7 heteroatoms. The zero-order valence-electron chi connectivity index (χ0n) is 11.9. The van der Waals surface area contributed by atoms with Crippen LogP contribution >= 0.6 is 0 Å². The Kier molecular flexibility index (Phi) is 3.23. The summed E-state index contributed by atoms with van der Waals surface area (Å²) in [6, 6.07) is 2.12. The van der Waals surface area contributed by atoms with Crippen molar-refractivity contribution in [3.8, 4) is 11.5 Å². The number of rotatable bonds is 3. The normalized spacial score (nSPS) is 17.8. The summed E-state index contributed by atoms with van der Waals surface area (Å²) in [6.45, 7) is 0.967. The molecular weight excluding hydrogens is 278 g/mol. The van der Waals surface area contributed by atoms with Gasteiger partial charge in [0.25, 0.3) is 0 Å². The van der Waals surface area contributed by atoms with Crippen LogP contribution in [0.5, 0.6) is 0 Å². The molecule has 0 aliphatic carbocycles. The van der Waals surface area contributed by atoms with E-state index in [0.717, 1.165) is 42.4 Å². The van der Waals surface area contributed by atoms with Gasteiger partial charge in [-0.15, -0.1) is 0 Å². The molecule has 3 aromatic rings. The number of imidazole rings is 1. The minimum absolute atomic E-state index is 0.192. The quantitative estimate of drug-likeness (QED) is 0.795. The van der Waals surface area contributed by atoms with E-state index in [2.05, 4.69) is 29.8 Å². The zero-order chi connectivity index (χ0) is 14.8. The first kappa shape index (κ1) is 12.9. The molecule has 22 heavy (non-hydrogen) atoms. The minimum Gasteiger partial charge on any atom is -0.348 e. The molecule has 1 aliphatic rings. The Bertz CT molecular complexity index is 742. The van der Waals surface area contributed by atoms with Gasteiger partial charge in [0.05, 0.1) is 24.1 Å². The Balaban J connectivity index is 1.68. The van der Waals surface area contributed by atoms with E-state index in [4.69, 9.17) is 4.98 Å². The van der Waals surface area contributed by atoms with E-state index >= 15 is 0 Å². The second-order valence-corrected chi connectivity index (χ2v) is 5.19. The average Bonchev–Trinajstić information content (AvgIpc) is 3.27. The molecule has 7 nitrogen and oxygen atoms in total. The highest BCUT2D eigenvalue weighted by Crippen LogP contribution is 2.34. The van der Waals surface area contributed by atoms with Gasteiger partial charge in [-0.05, 0) is 18.9 Å². The van der Waals surface area contributed by atoms with Crippen LogP contribution in [0.3, 0.4) is 0 Å². The summed E-state index contributed by atoms with van der Waals surface area (Å²) in [7, 11) is 0. The molecule has 4 heterocycles. The number of aromatic nitrogens is 6. The van der Waals surface area contributed by atoms with Crippen LogP contribution < -0.4 is 4.90 Å². The Morgan fingerprint density at radius 3 is 2.95 bits per heavy atom. The maximum Gasteiger partial charge on any atom is 0.157 e. The van der Waals surface area contributed by atoms with Gasteiger partial charge in [-0.1, -0.05) is 0 Å². The summed E-state index contributed by atoms with van der Waals surface area (Å²) >= 11 is 0. The van der Waals surface area contributed by atoms with E-state index in [0.29, 0.717) is 0 Å². The third-order valence-corrected chi connectivity index (χ3v) is 3.85. The number of aromatic amines is 1. The fraction of sp³-hybridized carbons (Fsp3) is 0.267. The predicted octanol–water partition coefficient (Wildman–Crippen LogP) is 2.00. The Morgan fingerprint density at radius 1 is 1.14 bits per heavy atom. The van der Waals surface area contributed by atoms with Crippen molar-refractivity contribution in [3.63, 3.8) is 0 Å². The largest absolute Gasteiger partial charge is 0.348 e. The number of nitrogens with one attached hydrogen (secondary N) is 1. The molecule has 0 unspecified atom stereocenters. The Morgan fingerprint density at radius 2 is 2.14 bits per heavy atom. The van der Waals surface area contributed by atoms with Crippen molar-refractivity contribution in [1.82, 2.24) is 29.9 Å². The van der Waals surface area contributed by atoms with E-state index in [-0.39, 0.29) is 6.04 Å². The first-order chi connectivity index (χ1) is 10.9. The number of hydrogen-bond donors (Lipinski definition) is 1. The second kappa shape index (κ2) is 5.51. The van der Waals surface area contributed by atoms with Crippen molar-refractivity contribution >= 4 is 5.82 Å². The molecule has 0 radical (unpaired) electrons. The molecule has 1 fully saturated rings. The third kappa shape index (κ3) is 2.30. The van der Waals surface area contributed by atoms with Crippen LogP contribution in [-0.4, -0.2) is 36.4 Å². The lowest BCUT2D eigenvalue weighted by Gasteiger charge is -2.24. The van der Waals surface area contributed by atoms with Gasteiger partial charge in [0.1, 0.15) is 17.8 Å². The van der Waals surface area contributed by atoms with Crippen molar-refractivity contribution in [2.24, 2.45) is 0 Å². The van der Waals surface area contributed by atoms with Crippen molar-refractivity contribution in [1.29, 1.82) is 0 Å². The summed E-state index contributed by atoms with van der Waals surface area (Å²) < 4.78 is 0. The fourth-order valence-corrected chi connectivity index (χ4v) is 2.86. The molecule has 110 valence electrons.